The Morgan fingerprint density at radius 3 is 2.72 bits per heavy atom. The summed E-state index contributed by atoms with van der Waals surface area (Å²) in [5, 5.41) is 9.86. The van der Waals surface area contributed by atoms with Gasteiger partial charge >= 0.3 is 5.97 Å². The molecule has 3 rings (SSSR count). The smallest absolute Gasteiger partial charge is 0.323 e. The standard InChI is InChI=1S/C14H23NO3/c1-18-14(17)13-6-10-4-5-11(16)7-12(10)15(13)8-9-2-3-9/h9-13,16H,2-8H2,1H3/t10-,11-,12-,13+/m0/s1. The van der Waals surface area contributed by atoms with Crippen molar-refractivity contribution < 1.29 is 14.6 Å². The van der Waals surface area contributed by atoms with E-state index in [1.54, 1.807) is 0 Å². The van der Waals surface area contributed by atoms with Gasteiger partial charge in [0.2, 0.25) is 0 Å². The minimum atomic E-state index is -0.177. The van der Waals surface area contributed by atoms with Crippen molar-refractivity contribution in [3.63, 3.8) is 0 Å². The number of methoxy groups -OCH3 is 1. The Bertz CT molecular complexity index is 329. The van der Waals surface area contributed by atoms with E-state index in [2.05, 4.69) is 4.90 Å². The fraction of sp³-hybridized carbons (Fsp3) is 0.929. The van der Waals surface area contributed by atoms with Crippen LogP contribution in [0.2, 0.25) is 0 Å². The number of aliphatic hydroxyl groups excluding tert-OH is 1. The van der Waals surface area contributed by atoms with E-state index >= 15 is 0 Å². The first-order valence-corrected chi connectivity index (χ1v) is 7.20. The van der Waals surface area contributed by atoms with E-state index in [1.807, 2.05) is 0 Å². The maximum absolute atomic E-state index is 11.9. The number of hydrogen-bond acceptors (Lipinski definition) is 4. The zero-order valence-corrected chi connectivity index (χ0v) is 11.0. The van der Waals surface area contributed by atoms with Gasteiger partial charge in [0.15, 0.2) is 0 Å². The first-order valence-electron chi connectivity index (χ1n) is 7.20. The van der Waals surface area contributed by atoms with Crippen LogP contribution in [-0.2, 0) is 9.53 Å². The Labute approximate surface area is 108 Å². The lowest BCUT2D eigenvalue weighted by Crippen LogP contribution is -2.45. The minimum absolute atomic E-state index is 0.0594. The third-order valence-corrected chi connectivity index (χ3v) is 4.92. The number of nitrogens with zero attached hydrogens (tertiary/aromatic N) is 1. The fourth-order valence-electron chi connectivity index (χ4n) is 3.75. The summed E-state index contributed by atoms with van der Waals surface area (Å²) in [4.78, 5) is 14.3. The number of rotatable bonds is 3. The quantitative estimate of drug-likeness (QED) is 0.767. The van der Waals surface area contributed by atoms with Crippen molar-refractivity contribution in [3.05, 3.63) is 0 Å². The lowest BCUT2D eigenvalue weighted by Gasteiger charge is -2.35. The van der Waals surface area contributed by atoms with Gasteiger partial charge in [0.25, 0.3) is 0 Å². The van der Waals surface area contributed by atoms with Crippen LogP contribution < -0.4 is 0 Å². The van der Waals surface area contributed by atoms with E-state index in [4.69, 9.17) is 4.74 Å². The van der Waals surface area contributed by atoms with Gasteiger partial charge in [0.05, 0.1) is 13.2 Å². The molecule has 4 heteroatoms. The van der Waals surface area contributed by atoms with Gasteiger partial charge in [-0.15, -0.1) is 0 Å². The van der Waals surface area contributed by atoms with Crippen molar-refractivity contribution in [2.75, 3.05) is 13.7 Å². The zero-order chi connectivity index (χ0) is 12.7. The molecular formula is C14H23NO3. The average Bonchev–Trinajstić information content (AvgIpc) is 3.11. The number of hydrogen-bond donors (Lipinski definition) is 1. The van der Waals surface area contributed by atoms with Gasteiger partial charge in [0, 0.05) is 12.6 Å². The summed E-state index contributed by atoms with van der Waals surface area (Å²) < 4.78 is 4.96. The number of carbonyl (C=O) groups is 1. The highest BCUT2D eigenvalue weighted by Gasteiger charge is 2.48. The second-order valence-corrected chi connectivity index (χ2v) is 6.21. The molecule has 3 aliphatic rings. The molecule has 0 aromatic rings. The van der Waals surface area contributed by atoms with Crippen LogP contribution in [0.4, 0.5) is 0 Å². The summed E-state index contributed by atoms with van der Waals surface area (Å²) in [7, 11) is 1.48. The molecule has 102 valence electrons. The summed E-state index contributed by atoms with van der Waals surface area (Å²) in [6, 6.07) is 0.342. The maximum Gasteiger partial charge on any atom is 0.323 e. The van der Waals surface area contributed by atoms with Gasteiger partial charge < -0.3 is 9.84 Å². The Kier molecular flexibility index (Phi) is 3.32. The van der Waals surface area contributed by atoms with Crippen LogP contribution in [0.15, 0.2) is 0 Å². The molecule has 4 atom stereocenters. The van der Waals surface area contributed by atoms with E-state index in [0.717, 1.165) is 38.1 Å². The van der Waals surface area contributed by atoms with Gasteiger partial charge in [-0.2, -0.15) is 0 Å². The maximum atomic E-state index is 11.9. The molecule has 0 aromatic carbocycles. The number of aliphatic hydroxyl groups is 1. The molecular weight excluding hydrogens is 230 g/mol. The molecule has 1 saturated heterocycles. The molecule has 3 fully saturated rings. The third-order valence-electron chi connectivity index (χ3n) is 4.92. The highest BCUT2D eigenvalue weighted by Crippen LogP contribution is 2.42. The van der Waals surface area contributed by atoms with Crippen LogP contribution in [0.1, 0.15) is 38.5 Å². The average molecular weight is 253 g/mol. The molecule has 1 heterocycles. The van der Waals surface area contributed by atoms with Gasteiger partial charge in [-0.25, -0.2) is 0 Å². The topological polar surface area (TPSA) is 49.8 Å². The Hall–Kier alpha value is -0.610. The molecule has 1 N–H and O–H groups in total. The van der Waals surface area contributed by atoms with E-state index < -0.39 is 0 Å². The number of carbonyl (C=O) groups excluding carboxylic acids is 1. The van der Waals surface area contributed by atoms with Crippen molar-refractivity contribution in [2.45, 2.75) is 56.7 Å². The summed E-state index contributed by atoms with van der Waals surface area (Å²) in [5.74, 6) is 1.27. The van der Waals surface area contributed by atoms with Crippen molar-refractivity contribution in [1.82, 2.24) is 4.90 Å². The molecule has 0 aromatic heterocycles. The number of fused-ring (bicyclic) bond motifs is 1. The van der Waals surface area contributed by atoms with Gasteiger partial charge in [-0.1, -0.05) is 0 Å². The van der Waals surface area contributed by atoms with Gasteiger partial charge in [-0.3, -0.25) is 9.69 Å². The minimum Gasteiger partial charge on any atom is -0.468 e. The van der Waals surface area contributed by atoms with Crippen molar-refractivity contribution in [2.24, 2.45) is 11.8 Å². The monoisotopic (exact) mass is 253 g/mol. The summed E-state index contributed by atoms with van der Waals surface area (Å²) in [6.07, 6.45) is 6.13. The molecule has 2 saturated carbocycles. The molecule has 0 spiro atoms. The summed E-state index contributed by atoms with van der Waals surface area (Å²) in [6.45, 7) is 1.02. The van der Waals surface area contributed by atoms with Crippen molar-refractivity contribution in [3.8, 4) is 0 Å². The normalized spacial score (nSPS) is 40.6. The zero-order valence-electron chi connectivity index (χ0n) is 11.0. The fourth-order valence-corrected chi connectivity index (χ4v) is 3.75. The van der Waals surface area contributed by atoms with Gasteiger partial charge in [-0.05, 0) is 50.4 Å². The predicted molar refractivity (Wildman–Crippen MR) is 67.0 cm³/mol. The second kappa shape index (κ2) is 4.82. The molecule has 2 aliphatic carbocycles. The van der Waals surface area contributed by atoms with Crippen molar-refractivity contribution >= 4 is 5.97 Å². The van der Waals surface area contributed by atoms with Gasteiger partial charge in [0.1, 0.15) is 6.04 Å². The lowest BCUT2D eigenvalue weighted by molar-refractivity contribution is -0.146. The summed E-state index contributed by atoms with van der Waals surface area (Å²) in [5.41, 5.74) is 0. The second-order valence-electron chi connectivity index (χ2n) is 6.21. The molecule has 4 nitrogen and oxygen atoms in total. The highest BCUT2D eigenvalue weighted by molar-refractivity contribution is 5.76. The Morgan fingerprint density at radius 2 is 2.06 bits per heavy atom. The van der Waals surface area contributed by atoms with Crippen LogP contribution in [0.25, 0.3) is 0 Å². The molecule has 0 radical (unpaired) electrons. The SMILES string of the molecule is COC(=O)[C@H]1C[C@@H]2CC[C@H](O)C[C@@H]2N1CC1CC1. The van der Waals surface area contributed by atoms with Crippen LogP contribution in [0.5, 0.6) is 0 Å². The summed E-state index contributed by atoms with van der Waals surface area (Å²) >= 11 is 0. The Morgan fingerprint density at radius 1 is 1.28 bits per heavy atom. The van der Waals surface area contributed by atoms with E-state index in [-0.39, 0.29) is 18.1 Å². The molecule has 0 bridgehead atoms. The van der Waals surface area contributed by atoms with E-state index in [1.165, 1.54) is 20.0 Å². The predicted octanol–water partition coefficient (Wildman–Crippen LogP) is 1.17. The first kappa shape index (κ1) is 12.4. The molecule has 18 heavy (non-hydrogen) atoms. The third kappa shape index (κ3) is 2.28. The van der Waals surface area contributed by atoms with Crippen LogP contribution in [0.3, 0.4) is 0 Å². The molecule has 0 unspecified atom stereocenters. The van der Waals surface area contributed by atoms with E-state index in [0.29, 0.717) is 12.0 Å². The van der Waals surface area contributed by atoms with E-state index in [9.17, 15) is 9.90 Å². The van der Waals surface area contributed by atoms with Crippen LogP contribution in [0, 0.1) is 11.8 Å². The highest BCUT2D eigenvalue weighted by atomic mass is 16.5. The number of likely N-dealkylation sites (tertiary alicyclic amines) is 1. The van der Waals surface area contributed by atoms with Crippen LogP contribution in [-0.4, -0.2) is 47.8 Å². The van der Waals surface area contributed by atoms with Crippen LogP contribution >= 0.6 is 0 Å². The molecule has 1 aliphatic heterocycles. The van der Waals surface area contributed by atoms with Crippen molar-refractivity contribution in [1.29, 1.82) is 0 Å². The number of ether oxygens (including phenoxy) is 1. The number of esters is 1. The molecule has 0 amide bonds. The lowest BCUT2D eigenvalue weighted by atomic mass is 9.83. The first-order chi connectivity index (χ1) is 8.69. The Balaban J connectivity index is 1.75. The largest absolute Gasteiger partial charge is 0.468 e.